The molecule has 2 N–H and O–H groups in total. The van der Waals surface area contributed by atoms with Crippen LogP contribution in [-0.2, 0) is 9.59 Å². The Kier molecular flexibility index (Phi) is 6.06. The highest BCUT2D eigenvalue weighted by Crippen LogP contribution is 2.31. The molecule has 1 aliphatic carbocycles. The van der Waals surface area contributed by atoms with Gasteiger partial charge in [-0.1, -0.05) is 42.5 Å². The van der Waals surface area contributed by atoms with Crippen LogP contribution in [0.15, 0.2) is 54.6 Å². The summed E-state index contributed by atoms with van der Waals surface area (Å²) in [4.78, 5) is 23.8. The van der Waals surface area contributed by atoms with E-state index in [0.29, 0.717) is 19.3 Å². The van der Waals surface area contributed by atoms with Crippen molar-refractivity contribution in [1.82, 2.24) is 5.32 Å². The van der Waals surface area contributed by atoms with Crippen LogP contribution < -0.4 is 10.1 Å². The number of carbonyl (C=O) groups is 2. The fourth-order valence-electron chi connectivity index (χ4n) is 3.37. The second-order valence-corrected chi connectivity index (χ2v) is 6.76. The zero-order valence-electron chi connectivity index (χ0n) is 14.8. The van der Waals surface area contributed by atoms with Crippen LogP contribution in [0.3, 0.4) is 0 Å². The van der Waals surface area contributed by atoms with E-state index in [9.17, 15) is 14.0 Å². The molecule has 1 amide bonds. The van der Waals surface area contributed by atoms with Crippen LogP contribution >= 0.6 is 0 Å². The minimum Gasteiger partial charge on any atom is -0.488 e. The lowest BCUT2D eigenvalue weighted by Gasteiger charge is -2.22. The first-order valence-electron chi connectivity index (χ1n) is 9.00. The van der Waals surface area contributed by atoms with Crippen molar-refractivity contribution >= 4 is 11.9 Å². The van der Waals surface area contributed by atoms with E-state index in [2.05, 4.69) is 5.32 Å². The zero-order valence-corrected chi connectivity index (χ0v) is 14.8. The predicted molar refractivity (Wildman–Crippen MR) is 97.7 cm³/mol. The lowest BCUT2D eigenvalue weighted by molar-refractivity contribution is -0.141. The van der Waals surface area contributed by atoms with E-state index in [1.807, 2.05) is 30.3 Å². The lowest BCUT2D eigenvalue weighted by atomic mass is 10.0. The van der Waals surface area contributed by atoms with E-state index < -0.39 is 23.7 Å². The van der Waals surface area contributed by atoms with Gasteiger partial charge in [-0.25, -0.2) is 4.39 Å². The molecular formula is C21H22FNO4. The Labute approximate surface area is 157 Å². The topological polar surface area (TPSA) is 75.6 Å². The number of aliphatic carboxylic acids is 1. The number of carboxylic acid groups (broad SMARTS) is 1. The molecule has 3 atom stereocenters. The van der Waals surface area contributed by atoms with Crippen molar-refractivity contribution in [2.45, 2.75) is 25.3 Å². The maximum atomic E-state index is 13.8. The molecule has 0 heterocycles. The first kappa shape index (κ1) is 18.9. The van der Waals surface area contributed by atoms with Crippen LogP contribution in [0, 0.1) is 17.7 Å². The molecule has 0 radical (unpaired) electrons. The lowest BCUT2D eigenvalue weighted by Crippen LogP contribution is -2.36. The number of hydrogen-bond acceptors (Lipinski definition) is 3. The summed E-state index contributed by atoms with van der Waals surface area (Å²) in [5.74, 6) is -2.18. The molecule has 0 aliphatic heterocycles. The minimum atomic E-state index is -0.854. The van der Waals surface area contributed by atoms with Gasteiger partial charge in [-0.3, -0.25) is 9.59 Å². The number of benzene rings is 2. The largest absolute Gasteiger partial charge is 0.488 e. The Morgan fingerprint density at radius 1 is 1.07 bits per heavy atom. The van der Waals surface area contributed by atoms with Gasteiger partial charge < -0.3 is 15.2 Å². The Morgan fingerprint density at radius 3 is 2.41 bits per heavy atom. The molecule has 142 valence electrons. The average Bonchev–Trinajstić information content (AvgIpc) is 3.17. The van der Waals surface area contributed by atoms with Gasteiger partial charge in [-0.2, -0.15) is 0 Å². The second-order valence-electron chi connectivity index (χ2n) is 6.76. The van der Waals surface area contributed by atoms with Crippen LogP contribution in [0.5, 0.6) is 5.75 Å². The van der Waals surface area contributed by atoms with E-state index in [1.165, 1.54) is 12.1 Å². The third-order valence-corrected chi connectivity index (χ3v) is 4.91. The summed E-state index contributed by atoms with van der Waals surface area (Å²) in [6.07, 6.45) is 1.41. The van der Waals surface area contributed by atoms with Crippen molar-refractivity contribution in [2.75, 3.05) is 6.61 Å². The summed E-state index contributed by atoms with van der Waals surface area (Å²) in [5.41, 5.74) is 0.843. The van der Waals surface area contributed by atoms with E-state index in [-0.39, 0.29) is 24.2 Å². The summed E-state index contributed by atoms with van der Waals surface area (Å²) in [5, 5.41) is 12.1. The number of rotatable bonds is 7. The minimum absolute atomic E-state index is 0.0752. The van der Waals surface area contributed by atoms with Gasteiger partial charge in [0, 0.05) is 5.92 Å². The molecule has 0 saturated heterocycles. The molecule has 2 aromatic rings. The maximum absolute atomic E-state index is 13.8. The number of nitrogens with one attached hydrogen (secondary N) is 1. The smallest absolute Gasteiger partial charge is 0.306 e. The number of carboxylic acids is 1. The molecule has 0 bridgehead atoms. The molecule has 27 heavy (non-hydrogen) atoms. The van der Waals surface area contributed by atoms with Crippen molar-refractivity contribution in [1.29, 1.82) is 0 Å². The van der Waals surface area contributed by atoms with Gasteiger partial charge in [0.25, 0.3) is 0 Å². The molecule has 0 spiro atoms. The van der Waals surface area contributed by atoms with Crippen molar-refractivity contribution in [3.63, 3.8) is 0 Å². The number of para-hydroxylation sites is 1. The SMILES string of the molecule is O=C(O)[C@@H]1CC[C@H](C(=O)NC(COc2ccccc2F)c2ccccc2)C1. The molecule has 1 saturated carbocycles. The van der Waals surface area contributed by atoms with Crippen LogP contribution in [0.1, 0.15) is 30.9 Å². The number of carbonyl (C=O) groups excluding carboxylic acids is 1. The number of ether oxygens (including phenoxy) is 1. The normalized spacial score (nSPS) is 20.0. The first-order valence-corrected chi connectivity index (χ1v) is 9.00. The highest BCUT2D eigenvalue weighted by molar-refractivity contribution is 5.81. The van der Waals surface area contributed by atoms with Gasteiger partial charge in [-0.15, -0.1) is 0 Å². The summed E-state index contributed by atoms with van der Waals surface area (Å²) < 4.78 is 19.4. The van der Waals surface area contributed by atoms with Crippen LogP contribution in [0.4, 0.5) is 4.39 Å². The van der Waals surface area contributed by atoms with Crippen molar-refractivity contribution in [2.24, 2.45) is 11.8 Å². The van der Waals surface area contributed by atoms with Crippen LogP contribution in [0.2, 0.25) is 0 Å². The van der Waals surface area contributed by atoms with Crippen molar-refractivity contribution < 1.29 is 23.8 Å². The number of hydrogen-bond donors (Lipinski definition) is 2. The van der Waals surface area contributed by atoms with Gasteiger partial charge in [0.05, 0.1) is 12.0 Å². The average molecular weight is 371 g/mol. The van der Waals surface area contributed by atoms with Crippen LogP contribution in [0.25, 0.3) is 0 Å². The Bertz CT molecular complexity index is 796. The molecule has 0 aromatic heterocycles. The van der Waals surface area contributed by atoms with Gasteiger partial charge in [-0.05, 0) is 37.0 Å². The number of amides is 1. The van der Waals surface area contributed by atoms with Gasteiger partial charge in [0.2, 0.25) is 5.91 Å². The zero-order chi connectivity index (χ0) is 19.2. The van der Waals surface area contributed by atoms with Crippen molar-refractivity contribution in [3.8, 4) is 5.75 Å². The maximum Gasteiger partial charge on any atom is 0.306 e. The molecule has 6 heteroatoms. The highest BCUT2D eigenvalue weighted by atomic mass is 19.1. The quantitative estimate of drug-likeness (QED) is 0.780. The fraction of sp³-hybridized carbons (Fsp3) is 0.333. The molecule has 3 rings (SSSR count). The third kappa shape index (κ3) is 4.84. The molecule has 2 aromatic carbocycles. The highest BCUT2D eigenvalue weighted by Gasteiger charge is 2.34. The molecular weight excluding hydrogens is 349 g/mol. The molecule has 1 aliphatic rings. The Balaban J connectivity index is 1.68. The Hall–Kier alpha value is -2.89. The van der Waals surface area contributed by atoms with E-state index >= 15 is 0 Å². The van der Waals surface area contributed by atoms with E-state index in [4.69, 9.17) is 9.84 Å². The molecule has 5 nitrogen and oxygen atoms in total. The number of halogens is 1. The summed E-state index contributed by atoms with van der Waals surface area (Å²) in [6.45, 7) is 0.0752. The monoisotopic (exact) mass is 371 g/mol. The predicted octanol–water partition coefficient (Wildman–Crippen LogP) is 3.56. The van der Waals surface area contributed by atoms with Crippen LogP contribution in [-0.4, -0.2) is 23.6 Å². The molecule has 1 unspecified atom stereocenters. The standard InChI is InChI=1S/C21H22FNO4/c22-17-8-4-5-9-19(17)27-13-18(14-6-2-1-3-7-14)23-20(24)15-10-11-16(12-15)21(25)26/h1-9,15-16,18H,10-13H2,(H,23,24)(H,25,26)/t15-,16+,18?/m0/s1. The third-order valence-electron chi connectivity index (χ3n) is 4.91. The second kappa shape index (κ2) is 8.66. The van der Waals surface area contributed by atoms with Crippen molar-refractivity contribution in [3.05, 3.63) is 66.0 Å². The first-order chi connectivity index (χ1) is 13.0. The molecule has 1 fully saturated rings. The van der Waals surface area contributed by atoms with Gasteiger partial charge in [0.15, 0.2) is 11.6 Å². The summed E-state index contributed by atoms with van der Waals surface area (Å²) >= 11 is 0. The summed E-state index contributed by atoms with van der Waals surface area (Å²) in [7, 11) is 0. The van der Waals surface area contributed by atoms with E-state index in [0.717, 1.165) is 5.56 Å². The Morgan fingerprint density at radius 2 is 1.74 bits per heavy atom. The summed E-state index contributed by atoms with van der Waals surface area (Å²) in [6, 6.07) is 15.0. The van der Waals surface area contributed by atoms with E-state index in [1.54, 1.807) is 12.1 Å². The fourth-order valence-corrected chi connectivity index (χ4v) is 3.37. The van der Waals surface area contributed by atoms with Gasteiger partial charge in [0.1, 0.15) is 6.61 Å². The van der Waals surface area contributed by atoms with Gasteiger partial charge >= 0.3 is 5.97 Å².